The summed E-state index contributed by atoms with van der Waals surface area (Å²) < 4.78 is 54.1. The number of aromatic nitrogens is 3. The topological polar surface area (TPSA) is 129 Å². The van der Waals surface area contributed by atoms with Gasteiger partial charge < -0.3 is 20.6 Å². The fourth-order valence-corrected chi connectivity index (χ4v) is 4.99. The highest BCUT2D eigenvalue weighted by atomic mass is 19.4. The Morgan fingerprint density at radius 3 is 2.40 bits per heavy atom. The smallest absolute Gasteiger partial charge is 0.408 e. The van der Waals surface area contributed by atoms with Crippen LogP contribution in [0.3, 0.4) is 0 Å². The summed E-state index contributed by atoms with van der Waals surface area (Å²) in [5, 5.41) is 18.5. The maximum absolute atomic E-state index is 13.7. The number of carboxylic acid groups (broad SMARTS) is 1. The van der Waals surface area contributed by atoms with Crippen LogP contribution in [0.2, 0.25) is 0 Å². The monoisotopic (exact) mass is 598 g/mol. The number of carbonyl (C=O) groups is 3. The Balaban J connectivity index is 1.48. The number of para-hydroxylation sites is 1. The average molecular weight is 599 g/mol. The largest absolute Gasteiger partial charge is 0.481 e. The van der Waals surface area contributed by atoms with E-state index in [-0.39, 0.29) is 39.4 Å². The van der Waals surface area contributed by atoms with Gasteiger partial charge in [-0.05, 0) is 61.2 Å². The van der Waals surface area contributed by atoms with Gasteiger partial charge in [0.2, 0.25) is 0 Å². The van der Waals surface area contributed by atoms with Gasteiger partial charge in [0.1, 0.15) is 18.1 Å². The number of pyridine rings is 1. The summed E-state index contributed by atoms with van der Waals surface area (Å²) in [5.41, 5.74) is 0.360. The first kappa shape index (κ1) is 29.5. The first-order chi connectivity index (χ1) is 20.5. The number of piperidine rings is 1. The third-order valence-electron chi connectivity index (χ3n) is 6.89. The summed E-state index contributed by atoms with van der Waals surface area (Å²) in [4.78, 5) is 44.3. The Morgan fingerprint density at radius 1 is 0.930 bits per heavy atom. The zero-order valence-corrected chi connectivity index (χ0v) is 22.6. The molecule has 0 saturated carbocycles. The van der Waals surface area contributed by atoms with E-state index in [0.29, 0.717) is 23.5 Å². The van der Waals surface area contributed by atoms with Crippen molar-refractivity contribution in [2.75, 3.05) is 28.6 Å². The molecule has 0 spiro atoms. The third-order valence-corrected chi connectivity index (χ3v) is 6.89. The molecule has 224 valence electrons. The Kier molecular flexibility index (Phi) is 8.28. The van der Waals surface area contributed by atoms with Gasteiger partial charge in [0, 0.05) is 24.2 Å². The number of hydrogen-bond donors (Lipinski definition) is 3. The molecule has 1 fully saturated rings. The van der Waals surface area contributed by atoms with Crippen LogP contribution in [-0.4, -0.2) is 56.9 Å². The number of amides is 2. The standard InChI is InChI=1S/C29H26F4N6O4/c30-18-8-9-20(17(14-18)15-24(40)41)35-27(42)21-10-11-23(38-12-4-1-5-13-38)26(34-21)36-28(43)25-19-6-2-3-7-22(19)39(37-25)16-29(31,32)33/h2-3,6-11,14H,1,4-5,12-13,15-16H2,(H,35,42)(H,40,41)(H,34,36,43). The highest BCUT2D eigenvalue weighted by molar-refractivity contribution is 6.12. The molecule has 4 aromatic rings. The molecule has 0 aliphatic carbocycles. The second-order valence-corrected chi connectivity index (χ2v) is 10.0. The van der Waals surface area contributed by atoms with Crippen LogP contribution in [0.15, 0.2) is 54.6 Å². The van der Waals surface area contributed by atoms with Crippen LogP contribution in [0.5, 0.6) is 0 Å². The molecule has 0 atom stereocenters. The van der Waals surface area contributed by atoms with E-state index < -0.39 is 42.7 Å². The fourth-order valence-electron chi connectivity index (χ4n) is 4.99. The Labute approximate surface area is 242 Å². The minimum atomic E-state index is -4.57. The number of alkyl halides is 3. The van der Waals surface area contributed by atoms with Gasteiger partial charge >= 0.3 is 12.1 Å². The first-order valence-corrected chi connectivity index (χ1v) is 13.4. The van der Waals surface area contributed by atoms with E-state index >= 15 is 0 Å². The normalized spacial score (nSPS) is 13.6. The lowest BCUT2D eigenvalue weighted by Gasteiger charge is -2.30. The Hall–Kier alpha value is -5.01. The fraction of sp³-hybridized carbons (Fsp3) is 0.276. The maximum Gasteiger partial charge on any atom is 0.408 e. The van der Waals surface area contributed by atoms with Crippen LogP contribution in [-0.2, 0) is 17.8 Å². The van der Waals surface area contributed by atoms with Crippen molar-refractivity contribution < 1.29 is 37.1 Å². The van der Waals surface area contributed by atoms with E-state index in [1.807, 2.05) is 4.90 Å². The number of nitrogens with one attached hydrogen (secondary N) is 2. The molecule has 3 N–H and O–H groups in total. The molecule has 43 heavy (non-hydrogen) atoms. The minimum absolute atomic E-state index is 0.00105. The molecule has 0 unspecified atom stereocenters. The van der Waals surface area contributed by atoms with Crippen LogP contribution in [0, 0.1) is 5.82 Å². The number of benzene rings is 2. The molecular weight excluding hydrogens is 572 g/mol. The summed E-state index contributed by atoms with van der Waals surface area (Å²) in [6.45, 7) is -0.0678. The lowest BCUT2D eigenvalue weighted by atomic mass is 10.1. The predicted molar refractivity (Wildman–Crippen MR) is 150 cm³/mol. The summed E-state index contributed by atoms with van der Waals surface area (Å²) in [5.74, 6) is -3.46. The van der Waals surface area contributed by atoms with E-state index in [1.54, 1.807) is 18.2 Å². The van der Waals surface area contributed by atoms with E-state index in [0.717, 1.165) is 31.4 Å². The number of carboxylic acids is 1. The van der Waals surface area contributed by atoms with E-state index in [4.69, 9.17) is 0 Å². The maximum atomic E-state index is 13.7. The number of anilines is 3. The highest BCUT2D eigenvalue weighted by Crippen LogP contribution is 2.30. The predicted octanol–water partition coefficient (Wildman–Crippen LogP) is 5.25. The van der Waals surface area contributed by atoms with Gasteiger partial charge in [0.15, 0.2) is 11.5 Å². The van der Waals surface area contributed by atoms with Crippen molar-refractivity contribution in [1.82, 2.24) is 14.8 Å². The van der Waals surface area contributed by atoms with E-state index in [9.17, 15) is 37.1 Å². The second-order valence-electron chi connectivity index (χ2n) is 10.0. The molecule has 1 saturated heterocycles. The molecule has 2 amide bonds. The summed E-state index contributed by atoms with van der Waals surface area (Å²) >= 11 is 0. The van der Waals surface area contributed by atoms with Crippen LogP contribution < -0.4 is 15.5 Å². The summed E-state index contributed by atoms with van der Waals surface area (Å²) in [7, 11) is 0. The average Bonchev–Trinajstić information content (AvgIpc) is 3.31. The van der Waals surface area contributed by atoms with Crippen LogP contribution in [0.4, 0.5) is 34.8 Å². The number of fused-ring (bicyclic) bond motifs is 1. The van der Waals surface area contributed by atoms with Crippen molar-refractivity contribution in [3.63, 3.8) is 0 Å². The Morgan fingerprint density at radius 2 is 1.67 bits per heavy atom. The van der Waals surface area contributed by atoms with Gasteiger partial charge in [-0.15, -0.1) is 0 Å². The molecule has 1 aliphatic heterocycles. The molecule has 0 bridgehead atoms. The van der Waals surface area contributed by atoms with Crippen LogP contribution >= 0.6 is 0 Å². The quantitative estimate of drug-likeness (QED) is 0.236. The van der Waals surface area contributed by atoms with Gasteiger partial charge in [-0.3, -0.25) is 19.1 Å². The number of carbonyl (C=O) groups excluding carboxylic acids is 2. The van der Waals surface area contributed by atoms with E-state index in [1.165, 1.54) is 24.3 Å². The molecule has 3 heterocycles. The van der Waals surface area contributed by atoms with Crippen molar-refractivity contribution in [2.24, 2.45) is 0 Å². The molecular formula is C29H26F4N6O4. The van der Waals surface area contributed by atoms with Crippen molar-refractivity contribution in [3.05, 3.63) is 77.4 Å². The van der Waals surface area contributed by atoms with Gasteiger partial charge in [0.05, 0.1) is 17.6 Å². The third kappa shape index (κ3) is 6.90. The molecule has 10 nitrogen and oxygen atoms in total. The zero-order chi connectivity index (χ0) is 30.7. The highest BCUT2D eigenvalue weighted by Gasteiger charge is 2.31. The zero-order valence-electron chi connectivity index (χ0n) is 22.6. The molecule has 14 heteroatoms. The SMILES string of the molecule is O=C(O)Cc1cc(F)ccc1NC(=O)c1ccc(N2CCCCC2)c(NC(=O)c2nn(CC(F)(F)F)c3ccccc23)n1. The molecule has 0 radical (unpaired) electrons. The van der Waals surface area contributed by atoms with Gasteiger partial charge in [-0.2, -0.15) is 18.3 Å². The van der Waals surface area contributed by atoms with Crippen LogP contribution in [0.25, 0.3) is 10.9 Å². The number of nitrogens with zero attached hydrogens (tertiary/aromatic N) is 4. The second kappa shape index (κ2) is 12.1. The first-order valence-electron chi connectivity index (χ1n) is 13.4. The van der Waals surface area contributed by atoms with Crippen molar-refractivity contribution in [3.8, 4) is 0 Å². The van der Waals surface area contributed by atoms with Gasteiger partial charge in [-0.1, -0.05) is 18.2 Å². The molecule has 1 aliphatic rings. The lowest BCUT2D eigenvalue weighted by molar-refractivity contribution is -0.142. The minimum Gasteiger partial charge on any atom is -0.481 e. The number of halogens is 4. The Bertz CT molecular complexity index is 1700. The van der Waals surface area contributed by atoms with Crippen molar-refractivity contribution >= 4 is 45.9 Å². The summed E-state index contributed by atoms with van der Waals surface area (Å²) in [6.07, 6.45) is -2.31. The van der Waals surface area contributed by atoms with Crippen molar-refractivity contribution in [1.29, 1.82) is 0 Å². The number of rotatable bonds is 8. The number of aliphatic carboxylic acids is 1. The summed E-state index contributed by atoms with van der Waals surface area (Å²) in [6, 6.07) is 12.4. The molecule has 5 rings (SSSR count). The molecule has 2 aromatic heterocycles. The van der Waals surface area contributed by atoms with Crippen LogP contribution in [0.1, 0.15) is 45.8 Å². The van der Waals surface area contributed by atoms with Gasteiger partial charge in [-0.25, -0.2) is 9.37 Å². The van der Waals surface area contributed by atoms with E-state index in [2.05, 4.69) is 20.7 Å². The number of hydrogen-bond acceptors (Lipinski definition) is 6. The molecule has 2 aromatic carbocycles. The van der Waals surface area contributed by atoms with Gasteiger partial charge in [0.25, 0.3) is 11.8 Å². The van der Waals surface area contributed by atoms with Crippen molar-refractivity contribution in [2.45, 2.75) is 38.4 Å². The lowest BCUT2D eigenvalue weighted by Crippen LogP contribution is -2.31.